The van der Waals surface area contributed by atoms with Crippen molar-refractivity contribution >= 4 is 46.4 Å². The molecule has 2 atom stereocenters. The Labute approximate surface area is 478 Å². The number of aryl methyl sites for hydroxylation is 1. The van der Waals surface area contributed by atoms with Gasteiger partial charge in [-0.2, -0.15) is 0 Å². The van der Waals surface area contributed by atoms with E-state index in [4.69, 9.17) is 18.9 Å². The summed E-state index contributed by atoms with van der Waals surface area (Å²) in [5.74, 6) is 0.696. The van der Waals surface area contributed by atoms with E-state index in [-0.39, 0.29) is 43.5 Å². The molecule has 4 heterocycles. The average molecular weight is 1130 g/mol. The Morgan fingerprint density at radius 1 is 0.753 bits per heavy atom. The molecule has 7 rings (SSSR count). The monoisotopic (exact) mass is 1130 g/mol. The minimum absolute atomic E-state index is 0.0664. The molecular weight excluding hydrogens is 1050 g/mol. The fourth-order valence-corrected chi connectivity index (χ4v) is 9.83. The van der Waals surface area contributed by atoms with Crippen LogP contribution in [0, 0.1) is 12.3 Å². The number of hydrogen-bond donors (Lipinski definition) is 4. The molecule has 1 aliphatic rings. The highest BCUT2D eigenvalue weighted by molar-refractivity contribution is 7.13. The number of Topliss-reactive ketones (excluding diaryl/α,β-unsaturated/α-hetero) is 1. The van der Waals surface area contributed by atoms with Crippen LogP contribution < -0.4 is 26.0 Å². The van der Waals surface area contributed by atoms with E-state index >= 15 is 0 Å². The summed E-state index contributed by atoms with van der Waals surface area (Å²) in [5.41, 5.74) is 7.04. The second-order valence-electron chi connectivity index (χ2n) is 21.0. The molecule has 6 aromatic rings. The Hall–Kier alpha value is -7.46. The molecule has 21 heteroatoms. The molecule has 3 aromatic heterocycles. The number of aromatic nitrogens is 6. The highest BCUT2D eigenvalue weighted by Crippen LogP contribution is 2.28. The standard InChI is InChI=1S/C60H77N11O9S/c1-42-54(81-41-66-42)45-21-17-43(18-22-45)37-64-58(75)51-35-48(72)39-71(51)59(76)55(60(2,3)4)67-53(73)16-9-8-11-28-78-31-33-79-32-30-77-27-10-6-7-12-29-80-49-23-19-44(20-24-49)36-63-57(74)46-14-13-15-47(34-46)62-38-52-68-69-56(70(52)5)50-25-26-61-40-65-50/h13-15,17-26,34,40-41,51,55,62H,6-12,16,27-33,35-39H2,1-5H3,(H,63,74)(H,64,75)(H,67,73)/t51-,55+/m0/s1. The summed E-state index contributed by atoms with van der Waals surface area (Å²) in [6.07, 6.45) is 9.47. The lowest BCUT2D eigenvalue weighted by Gasteiger charge is -2.35. The van der Waals surface area contributed by atoms with E-state index in [2.05, 4.69) is 46.4 Å². The van der Waals surface area contributed by atoms with E-state index in [9.17, 15) is 24.0 Å². The number of ether oxygens (including phenoxy) is 4. The number of nitrogens with zero attached hydrogens (tertiary/aromatic N) is 7. The van der Waals surface area contributed by atoms with Crippen LogP contribution in [0.5, 0.6) is 5.75 Å². The van der Waals surface area contributed by atoms with Crippen molar-refractivity contribution in [1.29, 1.82) is 0 Å². The fourth-order valence-electron chi connectivity index (χ4n) is 9.02. The van der Waals surface area contributed by atoms with Gasteiger partial charge in [0.2, 0.25) is 17.7 Å². The third-order valence-electron chi connectivity index (χ3n) is 13.7. The molecule has 0 bridgehead atoms. The van der Waals surface area contributed by atoms with Crippen molar-refractivity contribution < 1.29 is 42.9 Å². The molecule has 1 aliphatic heterocycles. The second-order valence-corrected chi connectivity index (χ2v) is 21.9. The Morgan fingerprint density at radius 3 is 2.09 bits per heavy atom. The lowest BCUT2D eigenvalue weighted by Crippen LogP contribution is -2.57. The third-order valence-corrected chi connectivity index (χ3v) is 14.7. The Morgan fingerprint density at radius 2 is 1.42 bits per heavy atom. The molecule has 432 valence electrons. The number of unbranched alkanes of at least 4 members (excludes halogenated alkanes) is 5. The van der Waals surface area contributed by atoms with Crippen molar-refractivity contribution in [2.24, 2.45) is 12.5 Å². The Balaban J connectivity index is 0.651. The number of rotatable bonds is 33. The van der Waals surface area contributed by atoms with Crippen molar-refractivity contribution in [3.8, 4) is 27.7 Å². The van der Waals surface area contributed by atoms with Crippen LogP contribution in [-0.4, -0.2) is 129 Å². The van der Waals surface area contributed by atoms with E-state index in [0.717, 1.165) is 83.0 Å². The molecule has 0 saturated carbocycles. The van der Waals surface area contributed by atoms with Crippen molar-refractivity contribution in [1.82, 2.24) is 50.6 Å². The number of anilines is 1. The smallest absolute Gasteiger partial charge is 0.251 e. The molecular formula is C60H77N11O9S. The van der Waals surface area contributed by atoms with E-state index in [1.807, 2.05) is 112 Å². The minimum Gasteiger partial charge on any atom is -0.494 e. The topological polar surface area (TPSA) is 243 Å². The number of carbonyl (C=O) groups excluding carboxylic acids is 5. The fraction of sp³-hybridized carbons (Fsp3) is 0.467. The minimum atomic E-state index is -0.946. The maximum absolute atomic E-state index is 13.9. The quantitative estimate of drug-likeness (QED) is 0.0287. The third kappa shape index (κ3) is 19.4. The zero-order valence-electron chi connectivity index (χ0n) is 47.2. The summed E-state index contributed by atoms with van der Waals surface area (Å²) in [7, 11) is 1.88. The zero-order valence-corrected chi connectivity index (χ0v) is 48.1. The molecule has 81 heavy (non-hydrogen) atoms. The summed E-state index contributed by atoms with van der Waals surface area (Å²) in [4.78, 5) is 81.0. The van der Waals surface area contributed by atoms with Gasteiger partial charge in [0.1, 0.15) is 29.9 Å². The van der Waals surface area contributed by atoms with Crippen molar-refractivity contribution in [2.75, 3.05) is 58.1 Å². The van der Waals surface area contributed by atoms with Gasteiger partial charge in [-0.25, -0.2) is 15.0 Å². The van der Waals surface area contributed by atoms with Crippen LogP contribution in [0.25, 0.3) is 22.0 Å². The van der Waals surface area contributed by atoms with E-state index in [1.165, 1.54) is 11.2 Å². The van der Waals surface area contributed by atoms with Crippen molar-refractivity contribution in [2.45, 2.75) is 117 Å². The number of amides is 4. The largest absolute Gasteiger partial charge is 0.494 e. The normalized spacial score (nSPS) is 13.7. The van der Waals surface area contributed by atoms with Gasteiger partial charge in [0.15, 0.2) is 17.4 Å². The van der Waals surface area contributed by atoms with Crippen LogP contribution >= 0.6 is 11.3 Å². The molecule has 20 nitrogen and oxygen atoms in total. The lowest BCUT2D eigenvalue weighted by molar-refractivity contribution is -0.144. The summed E-state index contributed by atoms with van der Waals surface area (Å²) in [6, 6.07) is 22.9. The van der Waals surface area contributed by atoms with Crippen molar-refractivity contribution in [3.63, 3.8) is 0 Å². The first-order chi connectivity index (χ1) is 39.2. The molecule has 0 spiro atoms. The number of hydrogen-bond acceptors (Lipinski definition) is 16. The van der Waals surface area contributed by atoms with E-state index in [0.29, 0.717) is 82.8 Å². The SMILES string of the molecule is Cc1ncsc1-c1ccc(CNC(=O)[C@@H]2CC(=O)CN2C(=O)[C@@H](NC(=O)CCCCCOCCOCCOCCCCCCOc2ccc(CNC(=O)c3cccc(NCc4nnc(-c5ccncn5)n4C)c3)cc2)C(C)(C)C)cc1. The van der Waals surface area contributed by atoms with Gasteiger partial charge in [0.05, 0.1) is 62.2 Å². The Bertz CT molecular complexity index is 2950. The highest BCUT2D eigenvalue weighted by Gasteiger charge is 2.44. The first-order valence-electron chi connectivity index (χ1n) is 27.8. The van der Waals surface area contributed by atoms with Gasteiger partial charge in [0, 0.05) is 63.6 Å². The maximum Gasteiger partial charge on any atom is 0.251 e. The predicted octanol–water partition coefficient (Wildman–Crippen LogP) is 7.81. The zero-order chi connectivity index (χ0) is 57.4. The van der Waals surface area contributed by atoms with Crippen LogP contribution in [0.15, 0.2) is 96.9 Å². The predicted molar refractivity (Wildman–Crippen MR) is 309 cm³/mol. The summed E-state index contributed by atoms with van der Waals surface area (Å²) >= 11 is 1.57. The number of nitrogens with one attached hydrogen (secondary N) is 4. The summed E-state index contributed by atoms with van der Waals surface area (Å²) < 4.78 is 24.9. The van der Waals surface area contributed by atoms with E-state index < -0.39 is 29.3 Å². The Kier molecular flexibility index (Phi) is 23.8. The number of benzene rings is 3. The highest BCUT2D eigenvalue weighted by atomic mass is 32.1. The summed E-state index contributed by atoms with van der Waals surface area (Å²) in [6.45, 7) is 12.2. The number of likely N-dealkylation sites (tertiary alicyclic amines) is 1. The molecule has 0 radical (unpaired) electrons. The van der Waals surface area contributed by atoms with Gasteiger partial charge in [-0.15, -0.1) is 21.5 Å². The molecule has 3 aromatic carbocycles. The van der Waals surface area contributed by atoms with Gasteiger partial charge in [-0.1, -0.05) is 76.1 Å². The molecule has 0 unspecified atom stereocenters. The van der Waals surface area contributed by atoms with Gasteiger partial charge >= 0.3 is 0 Å². The van der Waals surface area contributed by atoms with Gasteiger partial charge in [-0.3, -0.25) is 24.0 Å². The molecule has 0 aliphatic carbocycles. The van der Waals surface area contributed by atoms with Gasteiger partial charge in [0.25, 0.3) is 5.91 Å². The van der Waals surface area contributed by atoms with Crippen molar-refractivity contribution in [3.05, 3.63) is 125 Å². The van der Waals surface area contributed by atoms with Gasteiger partial charge < -0.3 is 49.7 Å². The van der Waals surface area contributed by atoms with Crippen LogP contribution in [-0.2, 0) is 60.1 Å². The molecule has 4 N–H and O–H groups in total. The van der Waals surface area contributed by atoms with Gasteiger partial charge in [-0.05, 0) is 97.5 Å². The lowest BCUT2D eigenvalue weighted by atomic mass is 9.85. The van der Waals surface area contributed by atoms with Crippen LogP contribution in [0.4, 0.5) is 5.69 Å². The van der Waals surface area contributed by atoms with Crippen LogP contribution in [0.2, 0.25) is 0 Å². The number of ketones is 1. The summed E-state index contributed by atoms with van der Waals surface area (Å²) in [5, 5.41) is 20.7. The van der Waals surface area contributed by atoms with E-state index in [1.54, 1.807) is 29.7 Å². The maximum atomic E-state index is 13.9. The molecule has 1 saturated heterocycles. The average Bonchev–Trinajstić information content (AvgIpc) is 4.36. The molecule has 1 fully saturated rings. The first kappa shape index (κ1) is 61.2. The van der Waals surface area contributed by atoms with Crippen LogP contribution in [0.1, 0.15) is 112 Å². The number of thiazole rings is 1. The molecule has 4 amide bonds. The van der Waals surface area contributed by atoms with Crippen LogP contribution in [0.3, 0.4) is 0 Å². The second kappa shape index (κ2) is 31.5. The first-order valence-corrected chi connectivity index (χ1v) is 28.7. The number of carbonyl (C=O) groups is 5.